The molecular formula is C12H13ClN2O3S. The molecule has 19 heavy (non-hydrogen) atoms. The maximum Gasteiger partial charge on any atom is 0.325 e. The smallest absolute Gasteiger partial charge is 0.325 e. The van der Waals surface area contributed by atoms with Crippen LogP contribution in [0.3, 0.4) is 0 Å². The fraction of sp³-hybridized carbons (Fsp3) is 0.250. The Hall–Kier alpha value is -1.66. The first kappa shape index (κ1) is 15.4. The first-order valence-electron chi connectivity index (χ1n) is 5.43. The summed E-state index contributed by atoms with van der Waals surface area (Å²) < 4.78 is 0. The number of nitrogens with one attached hydrogen (secondary N) is 2. The van der Waals surface area contributed by atoms with Crippen molar-refractivity contribution in [1.82, 2.24) is 10.6 Å². The molecule has 0 bridgehead atoms. The summed E-state index contributed by atoms with van der Waals surface area (Å²) in [7, 11) is 0. The normalized spacial score (nSPS) is 11.5. The quantitative estimate of drug-likeness (QED) is 0.580. The minimum Gasteiger partial charge on any atom is -0.480 e. The number of carbonyl (C=O) groups excluding carboxylic acids is 1. The van der Waals surface area contributed by atoms with Gasteiger partial charge in [0.25, 0.3) is 5.91 Å². The Kier molecular flexibility index (Phi) is 5.72. The molecule has 0 radical (unpaired) electrons. The van der Waals surface area contributed by atoms with E-state index in [1.165, 1.54) is 6.92 Å². The van der Waals surface area contributed by atoms with Crippen molar-refractivity contribution in [2.45, 2.75) is 18.8 Å². The van der Waals surface area contributed by atoms with E-state index in [0.29, 0.717) is 11.4 Å². The van der Waals surface area contributed by atoms with Gasteiger partial charge in [-0.1, -0.05) is 12.1 Å². The van der Waals surface area contributed by atoms with Crippen molar-refractivity contribution in [1.29, 1.82) is 0 Å². The van der Waals surface area contributed by atoms with Gasteiger partial charge in [0, 0.05) is 11.4 Å². The highest BCUT2D eigenvalue weighted by atomic mass is 35.5. The van der Waals surface area contributed by atoms with Crippen molar-refractivity contribution < 1.29 is 14.7 Å². The highest BCUT2D eigenvalue weighted by molar-refractivity contribution is 7.80. The van der Waals surface area contributed by atoms with Gasteiger partial charge in [-0.15, -0.1) is 11.6 Å². The van der Waals surface area contributed by atoms with E-state index in [1.807, 2.05) is 0 Å². The number of carboxylic acid groups (broad SMARTS) is 1. The molecule has 0 heterocycles. The van der Waals surface area contributed by atoms with Crippen LogP contribution in [0.15, 0.2) is 24.3 Å². The Bertz CT molecular complexity index is 490. The molecule has 0 spiro atoms. The van der Waals surface area contributed by atoms with Gasteiger partial charge in [0.1, 0.15) is 6.04 Å². The van der Waals surface area contributed by atoms with Crippen molar-refractivity contribution >= 4 is 40.8 Å². The summed E-state index contributed by atoms with van der Waals surface area (Å²) in [5.74, 6) is -1.09. The van der Waals surface area contributed by atoms with Crippen molar-refractivity contribution in [3.05, 3.63) is 35.4 Å². The second-order valence-electron chi connectivity index (χ2n) is 3.82. The number of alkyl halides is 1. The molecule has 1 amide bonds. The van der Waals surface area contributed by atoms with Crippen molar-refractivity contribution in [3.63, 3.8) is 0 Å². The Morgan fingerprint density at radius 2 is 1.95 bits per heavy atom. The minimum absolute atomic E-state index is 0.0266. The Labute approximate surface area is 121 Å². The topological polar surface area (TPSA) is 78.4 Å². The predicted octanol–water partition coefficient (Wildman–Crippen LogP) is 1.50. The van der Waals surface area contributed by atoms with Crippen LogP contribution in [0.5, 0.6) is 0 Å². The lowest BCUT2D eigenvalue weighted by molar-refractivity contribution is -0.138. The van der Waals surface area contributed by atoms with E-state index in [4.69, 9.17) is 28.9 Å². The van der Waals surface area contributed by atoms with Crippen LogP contribution in [0.25, 0.3) is 0 Å². The van der Waals surface area contributed by atoms with E-state index in [2.05, 4.69) is 10.6 Å². The number of hydrogen-bond acceptors (Lipinski definition) is 3. The molecule has 102 valence electrons. The molecule has 0 fully saturated rings. The number of thiocarbonyl (C=S) groups is 1. The van der Waals surface area contributed by atoms with E-state index < -0.39 is 17.9 Å². The molecule has 0 unspecified atom stereocenters. The van der Waals surface area contributed by atoms with Gasteiger partial charge in [0.05, 0.1) is 0 Å². The van der Waals surface area contributed by atoms with Gasteiger partial charge in [0.2, 0.25) is 0 Å². The van der Waals surface area contributed by atoms with Crippen LogP contribution in [0.4, 0.5) is 0 Å². The Morgan fingerprint density at radius 1 is 1.37 bits per heavy atom. The van der Waals surface area contributed by atoms with Crippen molar-refractivity contribution in [3.8, 4) is 0 Å². The SMILES string of the molecule is C[C@H](NC(=S)NC(=O)c1ccc(CCl)cc1)C(=O)O. The van der Waals surface area contributed by atoms with E-state index >= 15 is 0 Å². The number of rotatable bonds is 4. The third kappa shape index (κ3) is 4.84. The molecule has 1 aromatic rings. The average molecular weight is 301 g/mol. The van der Waals surface area contributed by atoms with Crippen LogP contribution in [0, 0.1) is 0 Å². The summed E-state index contributed by atoms with van der Waals surface area (Å²) in [6.07, 6.45) is 0. The summed E-state index contributed by atoms with van der Waals surface area (Å²) in [6.45, 7) is 1.43. The van der Waals surface area contributed by atoms with Gasteiger partial charge < -0.3 is 10.4 Å². The number of amides is 1. The van der Waals surface area contributed by atoms with Gasteiger partial charge in [-0.05, 0) is 36.8 Å². The van der Waals surface area contributed by atoms with E-state index in [-0.39, 0.29) is 5.11 Å². The van der Waals surface area contributed by atoms with Crippen LogP contribution in [-0.2, 0) is 10.7 Å². The highest BCUT2D eigenvalue weighted by Gasteiger charge is 2.13. The van der Waals surface area contributed by atoms with Gasteiger partial charge in [-0.3, -0.25) is 14.9 Å². The Morgan fingerprint density at radius 3 is 2.42 bits per heavy atom. The fourth-order valence-corrected chi connectivity index (χ4v) is 1.66. The minimum atomic E-state index is -1.05. The average Bonchev–Trinajstić information content (AvgIpc) is 2.38. The van der Waals surface area contributed by atoms with Gasteiger partial charge in [-0.25, -0.2) is 0 Å². The highest BCUT2D eigenvalue weighted by Crippen LogP contribution is 2.06. The number of halogens is 1. The third-order valence-corrected chi connectivity index (χ3v) is 2.84. The first-order valence-corrected chi connectivity index (χ1v) is 6.38. The lowest BCUT2D eigenvalue weighted by Crippen LogP contribution is -2.46. The zero-order chi connectivity index (χ0) is 14.4. The molecule has 5 nitrogen and oxygen atoms in total. The molecule has 1 atom stereocenters. The summed E-state index contributed by atoms with van der Waals surface area (Å²) in [5.41, 5.74) is 1.32. The molecule has 0 saturated carbocycles. The summed E-state index contributed by atoms with van der Waals surface area (Å²) >= 11 is 10.5. The summed E-state index contributed by atoms with van der Waals surface area (Å²) in [4.78, 5) is 22.4. The van der Waals surface area contributed by atoms with Crippen molar-refractivity contribution in [2.75, 3.05) is 0 Å². The zero-order valence-electron chi connectivity index (χ0n) is 10.1. The van der Waals surface area contributed by atoms with Crippen LogP contribution in [0.2, 0.25) is 0 Å². The molecule has 0 aliphatic rings. The molecule has 0 aliphatic heterocycles. The molecular weight excluding hydrogens is 288 g/mol. The predicted molar refractivity (Wildman–Crippen MR) is 76.3 cm³/mol. The van der Waals surface area contributed by atoms with Gasteiger partial charge in [-0.2, -0.15) is 0 Å². The lowest BCUT2D eigenvalue weighted by Gasteiger charge is -2.12. The van der Waals surface area contributed by atoms with E-state index in [0.717, 1.165) is 5.56 Å². The molecule has 3 N–H and O–H groups in total. The third-order valence-electron chi connectivity index (χ3n) is 2.32. The lowest BCUT2D eigenvalue weighted by atomic mass is 10.1. The molecule has 7 heteroatoms. The van der Waals surface area contributed by atoms with Gasteiger partial charge in [0.15, 0.2) is 5.11 Å². The first-order chi connectivity index (χ1) is 8.93. The molecule has 0 aliphatic carbocycles. The van der Waals surface area contributed by atoms with Crippen LogP contribution in [-0.4, -0.2) is 28.1 Å². The maximum absolute atomic E-state index is 11.8. The largest absolute Gasteiger partial charge is 0.480 e. The van der Waals surface area contributed by atoms with Crippen LogP contribution in [0.1, 0.15) is 22.8 Å². The molecule has 1 rings (SSSR count). The second kappa shape index (κ2) is 7.06. The maximum atomic E-state index is 11.8. The second-order valence-corrected chi connectivity index (χ2v) is 4.49. The standard InChI is InChI=1S/C12H13ClN2O3S/c1-7(11(17)18)14-12(19)15-10(16)9-4-2-8(6-13)3-5-9/h2-5,7H,6H2,1H3,(H,17,18)(H2,14,15,16,19)/t7-/m0/s1. The van der Waals surface area contributed by atoms with Crippen LogP contribution >= 0.6 is 23.8 Å². The summed E-state index contributed by atoms with van der Waals surface area (Å²) in [5, 5.41) is 13.6. The number of carbonyl (C=O) groups is 2. The monoisotopic (exact) mass is 300 g/mol. The Balaban J connectivity index is 2.58. The number of carboxylic acids is 1. The van der Waals surface area contributed by atoms with E-state index in [1.54, 1.807) is 24.3 Å². The number of aliphatic carboxylic acids is 1. The molecule has 1 aromatic carbocycles. The van der Waals surface area contributed by atoms with E-state index in [9.17, 15) is 9.59 Å². The number of hydrogen-bond donors (Lipinski definition) is 3. The fourth-order valence-electron chi connectivity index (χ4n) is 1.21. The zero-order valence-corrected chi connectivity index (χ0v) is 11.7. The number of benzene rings is 1. The van der Waals surface area contributed by atoms with Crippen molar-refractivity contribution in [2.24, 2.45) is 0 Å². The summed E-state index contributed by atoms with van der Waals surface area (Å²) in [6, 6.07) is 5.84. The molecule has 0 saturated heterocycles. The molecule has 0 aromatic heterocycles. The van der Waals surface area contributed by atoms with Gasteiger partial charge >= 0.3 is 5.97 Å². The van der Waals surface area contributed by atoms with Crippen LogP contribution < -0.4 is 10.6 Å².